The standard InChI is InChI=1S/C19H21N3O4S/c1-10(2)14-6-4-5-12-9-27(24,25)15-8-13(18(23)22-19(20)21)7-11(3)16(15)26-17(12)14/h4-8,10H,9H2,1-3H3,(H4,20,21,22,23). The summed E-state index contributed by atoms with van der Waals surface area (Å²) in [6.45, 7) is 5.72. The molecule has 0 spiro atoms. The minimum atomic E-state index is -3.73. The van der Waals surface area contributed by atoms with Gasteiger partial charge in [0.05, 0.1) is 5.75 Å². The zero-order chi connectivity index (χ0) is 19.9. The van der Waals surface area contributed by atoms with Crippen molar-refractivity contribution in [3.63, 3.8) is 0 Å². The topological polar surface area (TPSA) is 125 Å². The van der Waals surface area contributed by atoms with Crippen LogP contribution >= 0.6 is 0 Å². The van der Waals surface area contributed by atoms with Crippen molar-refractivity contribution in [3.8, 4) is 11.5 Å². The summed E-state index contributed by atoms with van der Waals surface area (Å²) in [5.74, 6) is -0.368. The van der Waals surface area contributed by atoms with Crippen LogP contribution in [-0.2, 0) is 15.6 Å². The molecule has 8 heteroatoms. The molecular weight excluding hydrogens is 366 g/mol. The first kappa shape index (κ1) is 18.9. The predicted molar refractivity (Wildman–Crippen MR) is 103 cm³/mol. The van der Waals surface area contributed by atoms with Crippen LogP contribution in [-0.4, -0.2) is 20.3 Å². The first-order chi connectivity index (χ1) is 12.6. The molecule has 0 aliphatic carbocycles. The number of benzene rings is 2. The SMILES string of the molecule is Cc1cc(C(=O)N=C(N)N)cc2c1Oc1c(cccc1C(C)C)CS2(=O)=O. The molecule has 1 heterocycles. The Kier molecular flexibility index (Phi) is 4.69. The van der Waals surface area contributed by atoms with Gasteiger partial charge in [0.1, 0.15) is 16.4 Å². The maximum atomic E-state index is 13.0. The molecule has 3 rings (SSSR count). The molecule has 0 radical (unpaired) electrons. The first-order valence-corrected chi connectivity index (χ1v) is 10.1. The number of fused-ring (bicyclic) bond motifs is 2. The molecule has 2 aromatic rings. The van der Waals surface area contributed by atoms with E-state index in [1.54, 1.807) is 13.0 Å². The minimum Gasteiger partial charge on any atom is -0.455 e. The highest BCUT2D eigenvalue weighted by molar-refractivity contribution is 7.90. The van der Waals surface area contributed by atoms with Crippen LogP contribution in [0.3, 0.4) is 0 Å². The smallest absolute Gasteiger partial charge is 0.280 e. The number of aliphatic imine (C=N–C) groups is 1. The predicted octanol–water partition coefficient (Wildman–Crippen LogP) is 2.61. The summed E-state index contributed by atoms with van der Waals surface area (Å²) in [7, 11) is -3.73. The van der Waals surface area contributed by atoms with Gasteiger partial charge in [-0.1, -0.05) is 32.0 Å². The van der Waals surface area contributed by atoms with Gasteiger partial charge in [-0.15, -0.1) is 0 Å². The van der Waals surface area contributed by atoms with E-state index in [9.17, 15) is 13.2 Å². The molecule has 4 N–H and O–H groups in total. The molecule has 1 aliphatic heterocycles. The number of nitrogens with two attached hydrogens (primary N) is 2. The average molecular weight is 387 g/mol. The van der Waals surface area contributed by atoms with Crippen LogP contribution < -0.4 is 16.2 Å². The van der Waals surface area contributed by atoms with Crippen molar-refractivity contribution in [1.82, 2.24) is 0 Å². The number of carbonyl (C=O) groups excluding carboxylic acids is 1. The number of aryl methyl sites for hydroxylation is 1. The Hall–Kier alpha value is -2.87. The Bertz CT molecular complexity index is 1070. The highest BCUT2D eigenvalue weighted by Gasteiger charge is 2.31. The molecule has 142 valence electrons. The molecule has 0 bridgehead atoms. The summed E-state index contributed by atoms with van der Waals surface area (Å²) in [6.07, 6.45) is 0. The Balaban J connectivity index is 2.24. The molecule has 27 heavy (non-hydrogen) atoms. The summed E-state index contributed by atoms with van der Waals surface area (Å²) in [6, 6.07) is 8.28. The van der Waals surface area contributed by atoms with E-state index in [1.165, 1.54) is 12.1 Å². The van der Waals surface area contributed by atoms with Crippen LogP contribution in [0, 0.1) is 6.92 Å². The molecule has 0 fully saturated rings. The van der Waals surface area contributed by atoms with E-state index in [2.05, 4.69) is 4.99 Å². The third-order valence-corrected chi connectivity index (χ3v) is 6.02. The third-order valence-electron chi connectivity index (χ3n) is 4.35. The van der Waals surface area contributed by atoms with E-state index in [0.29, 0.717) is 16.9 Å². The molecule has 0 unspecified atom stereocenters. The molecule has 0 saturated carbocycles. The van der Waals surface area contributed by atoms with Gasteiger partial charge in [-0.2, -0.15) is 4.99 Å². The van der Waals surface area contributed by atoms with Crippen LogP contribution in [0.5, 0.6) is 11.5 Å². The summed E-state index contributed by atoms with van der Waals surface area (Å²) in [5.41, 5.74) is 12.6. The first-order valence-electron chi connectivity index (χ1n) is 8.41. The lowest BCUT2D eigenvalue weighted by atomic mass is 9.99. The average Bonchev–Trinajstić information content (AvgIpc) is 2.67. The van der Waals surface area contributed by atoms with E-state index in [-0.39, 0.29) is 33.8 Å². The minimum absolute atomic E-state index is 0.0393. The van der Waals surface area contributed by atoms with Gasteiger partial charge in [0.15, 0.2) is 15.8 Å². The van der Waals surface area contributed by atoms with Crippen LogP contribution in [0.1, 0.15) is 46.8 Å². The van der Waals surface area contributed by atoms with Crippen molar-refractivity contribution < 1.29 is 17.9 Å². The van der Waals surface area contributed by atoms with Crippen molar-refractivity contribution in [1.29, 1.82) is 0 Å². The normalized spacial score (nSPS) is 14.5. The second-order valence-corrected chi connectivity index (χ2v) is 8.77. The molecule has 0 atom stereocenters. The van der Waals surface area contributed by atoms with Crippen molar-refractivity contribution in [2.45, 2.75) is 37.3 Å². The molecule has 0 aromatic heterocycles. The fourth-order valence-corrected chi connectivity index (χ4v) is 4.67. The van der Waals surface area contributed by atoms with Gasteiger partial charge in [0.2, 0.25) is 0 Å². The lowest BCUT2D eigenvalue weighted by Gasteiger charge is -2.17. The maximum Gasteiger partial charge on any atom is 0.280 e. The number of para-hydroxylation sites is 1. The van der Waals surface area contributed by atoms with Crippen molar-refractivity contribution >= 4 is 21.7 Å². The largest absolute Gasteiger partial charge is 0.455 e. The Morgan fingerprint density at radius 3 is 2.52 bits per heavy atom. The number of carbonyl (C=O) groups is 1. The van der Waals surface area contributed by atoms with Crippen LogP contribution in [0.4, 0.5) is 0 Å². The monoisotopic (exact) mass is 387 g/mol. The van der Waals surface area contributed by atoms with Gasteiger partial charge in [0.25, 0.3) is 5.91 Å². The van der Waals surface area contributed by atoms with Gasteiger partial charge >= 0.3 is 0 Å². The number of hydrogen-bond donors (Lipinski definition) is 2. The number of sulfone groups is 1. The molecular formula is C19H21N3O4S. The number of nitrogens with zero attached hydrogens (tertiary/aromatic N) is 1. The highest BCUT2D eigenvalue weighted by atomic mass is 32.2. The van der Waals surface area contributed by atoms with Crippen molar-refractivity contribution in [2.24, 2.45) is 16.5 Å². The van der Waals surface area contributed by atoms with Gasteiger partial charge in [-0.25, -0.2) is 8.42 Å². The van der Waals surface area contributed by atoms with E-state index in [1.807, 2.05) is 26.0 Å². The molecule has 1 aliphatic rings. The molecule has 1 amide bonds. The number of rotatable bonds is 2. The highest BCUT2D eigenvalue weighted by Crippen LogP contribution is 2.43. The Labute approximate surface area is 158 Å². The van der Waals surface area contributed by atoms with Crippen LogP contribution in [0.15, 0.2) is 40.2 Å². The van der Waals surface area contributed by atoms with Gasteiger partial charge in [0, 0.05) is 11.1 Å². The van der Waals surface area contributed by atoms with E-state index in [0.717, 1.165) is 5.56 Å². The summed E-state index contributed by atoms with van der Waals surface area (Å²) >= 11 is 0. The molecule has 0 saturated heterocycles. The third kappa shape index (κ3) is 3.52. The number of amides is 1. The van der Waals surface area contributed by atoms with Crippen molar-refractivity contribution in [2.75, 3.05) is 0 Å². The van der Waals surface area contributed by atoms with E-state index in [4.69, 9.17) is 16.2 Å². The number of ether oxygens (including phenoxy) is 1. The molecule has 7 nitrogen and oxygen atoms in total. The Morgan fingerprint density at radius 2 is 1.89 bits per heavy atom. The quantitative estimate of drug-likeness (QED) is 0.603. The zero-order valence-corrected chi connectivity index (χ0v) is 16.1. The van der Waals surface area contributed by atoms with Crippen LogP contribution in [0.2, 0.25) is 0 Å². The van der Waals surface area contributed by atoms with E-state index >= 15 is 0 Å². The fraction of sp³-hybridized carbons (Fsp3) is 0.263. The summed E-state index contributed by atoms with van der Waals surface area (Å²) in [5, 5.41) is 0. The fourth-order valence-electron chi connectivity index (χ4n) is 3.09. The second kappa shape index (κ2) is 6.70. The summed E-state index contributed by atoms with van der Waals surface area (Å²) < 4.78 is 32.1. The van der Waals surface area contributed by atoms with Crippen LogP contribution in [0.25, 0.3) is 0 Å². The Morgan fingerprint density at radius 1 is 1.19 bits per heavy atom. The number of guanidine groups is 1. The van der Waals surface area contributed by atoms with Gasteiger partial charge < -0.3 is 16.2 Å². The lowest BCUT2D eigenvalue weighted by Crippen LogP contribution is -2.24. The lowest BCUT2D eigenvalue weighted by molar-refractivity contribution is 0.100. The second-order valence-electron chi connectivity index (χ2n) is 6.81. The van der Waals surface area contributed by atoms with Gasteiger partial charge in [-0.05, 0) is 36.1 Å². The molecule has 2 aromatic carbocycles. The number of hydrogen-bond acceptors (Lipinski definition) is 4. The van der Waals surface area contributed by atoms with Gasteiger partial charge in [-0.3, -0.25) is 4.79 Å². The van der Waals surface area contributed by atoms with E-state index < -0.39 is 15.7 Å². The maximum absolute atomic E-state index is 13.0. The van der Waals surface area contributed by atoms with Crippen molar-refractivity contribution in [3.05, 3.63) is 52.6 Å². The summed E-state index contributed by atoms with van der Waals surface area (Å²) in [4.78, 5) is 15.6. The zero-order valence-electron chi connectivity index (χ0n) is 15.3.